The average Bonchev–Trinajstić information content (AvgIpc) is 3.19. The number of aromatic nitrogens is 2. The van der Waals surface area contributed by atoms with Crippen molar-refractivity contribution in [3.05, 3.63) is 40.9 Å². The number of fused-ring (bicyclic) bond motifs is 3. The summed E-state index contributed by atoms with van der Waals surface area (Å²) < 4.78 is 10.9. The second kappa shape index (κ2) is 5.57. The molecule has 3 aromatic heterocycles. The summed E-state index contributed by atoms with van der Waals surface area (Å²) in [5, 5.41) is 0.939. The smallest absolute Gasteiger partial charge is 0.305 e. The van der Waals surface area contributed by atoms with Crippen LogP contribution >= 0.6 is 11.3 Å². The van der Waals surface area contributed by atoms with Gasteiger partial charge in [-0.15, -0.1) is 11.3 Å². The number of rotatable bonds is 3. The van der Waals surface area contributed by atoms with Crippen LogP contribution in [0.1, 0.15) is 34.8 Å². The molecule has 1 aliphatic heterocycles. The van der Waals surface area contributed by atoms with Gasteiger partial charge in [-0.1, -0.05) is 0 Å². The van der Waals surface area contributed by atoms with E-state index in [9.17, 15) is 4.79 Å². The lowest BCUT2D eigenvalue weighted by atomic mass is 9.94. The predicted octanol–water partition coefficient (Wildman–Crippen LogP) is 2.89. The predicted molar refractivity (Wildman–Crippen MR) is 89.8 cm³/mol. The second-order valence-corrected chi connectivity index (χ2v) is 7.27. The monoisotopic (exact) mass is 344 g/mol. The fourth-order valence-corrected chi connectivity index (χ4v) is 3.83. The van der Waals surface area contributed by atoms with Gasteiger partial charge in [-0.2, -0.15) is 0 Å². The summed E-state index contributed by atoms with van der Waals surface area (Å²) in [5.41, 5.74) is 6.46. The molecule has 24 heavy (non-hydrogen) atoms. The quantitative estimate of drug-likeness (QED) is 0.710. The average molecular weight is 344 g/mol. The van der Waals surface area contributed by atoms with Gasteiger partial charge in [-0.05, 0) is 31.5 Å². The van der Waals surface area contributed by atoms with Crippen LogP contribution in [0.5, 0.6) is 0 Å². The number of carbonyl (C=O) groups excluding carboxylic acids is 1. The molecular weight excluding hydrogens is 328 g/mol. The maximum Gasteiger partial charge on any atom is 0.305 e. The molecule has 1 aliphatic rings. The first-order chi connectivity index (χ1) is 11.5. The van der Waals surface area contributed by atoms with Crippen LogP contribution < -0.4 is 10.9 Å². The Kier molecular flexibility index (Phi) is 3.50. The molecule has 0 saturated heterocycles. The minimum atomic E-state index is -0.362. The van der Waals surface area contributed by atoms with Crippen LogP contribution in [0.2, 0.25) is 0 Å². The van der Waals surface area contributed by atoms with Gasteiger partial charge in [0, 0.05) is 11.3 Å². The van der Waals surface area contributed by atoms with E-state index in [4.69, 9.17) is 9.15 Å². The summed E-state index contributed by atoms with van der Waals surface area (Å²) in [5.74, 6) is 0.448. The first-order valence-corrected chi connectivity index (χ1v) is 8.34. The van der Waals surface area contributed by atoms with E-state index in [2.05, 4.69) is 34.7 Å². The number of furan rings is 1. The van der Waals surface area contributed by atoms with Gasteiger partial charge >= 0.3 is 5.91 Å². The second-order valence-electron chi connectivity index (χ2n) is 6.19. The first-order valence-electron chi connectivity index (χ1n) is 7.52. The molecule has 0 aromatic carbocycles. The van der Waals surface area contributed by atoms with Gasteiger partial charge in [-0.3, -0.25) is 15.6 Å². The van der Waals surface area contributed by atoms with Gasteiger partial charge in [0.2, 0.25) is 0 Å². The van der Waals surface area contributed by atoms with Crippen molar-refractivity contribution in [2.75, 3.05) is 5.43 Å². The van der Waals surface area contributed by atoms with E-state index in [1.807, 2.05) is 0 Å². The highest BCUT2D eigenvalue weighted by Gasteiger charge is 2.30. The third kappa shape index (κ3) is 2.63. The van der Waals surface area contributed by atoms with Crippen molar-refractivity contribution < 1.29 is 13.9 Å². The van der Waals surface area contributed by atoms with E-state index >= 15 is 0 Å². The molecular formula is C16H16N4O3S. The van der Waals surface area contributed by atoms with Crippen LogP contribution in [0.4, 0.5) is 5.82 Å². The van der Waals surface area contributed by atoms with Crippen molar-refractivity contribution in [3.63, 3.8) is 0 Å². The van der Waals surface area contributed by atoms with Crippen LogP contribution in [0.25, 0.3) is 10.2 Å². The lowest BCUT2D eigenvalue weighted by Crippen LogP contribution is -2.32. The number of thiophene rings is 1. The number of anilines is 1. The Balaban J connectivity index is 1.66. The topological polar surface area (TPSA) is 89.3 Å². The Morgan fingerprint density at radius 2 is 2.25 bits per heavy atom. The summed E-state index contributed by atoms with van der Waals surface area (Å²) >= 11 is 1.60. The van der Waals surface area contributed by atoms with Crippen molar-refractivity contribution in [1.29, 1.82) is 0 Å². The first kappa shape index (κ1) is 15.1. The van der Waals surface area contributed by atoms with Crippen molar-refractivity contribution in [3.8, 4) is 0 Å². The van der Waals surface area contributed by atoms with E-state index in [1.165, 1.54) is 18.2 Å². The number of nitrogens with one attached hydrogen (secondary N) is 2. The molecule has 0 unspecified atom stereocenters. The van der Waals surface area contributed by atoms with Gasteiger partial charge in [0.05, 0.1) is 23.9 Å². The van der Waals surface area contributed by atoms with Gasteiger partial charge in [0.25, 0.3) is 0 Å². The number of hydrazine groups is 1. The minimum absolute atomic E-state index is 0.231. The Morgan fingerprint density at radius 3 is 3.04 bits per heavy atom. The van der Waals surface area contributed by atoms with Crippen LogP contribution in [-0.2, 0) is 17.8 Å². The molecule has 2 N–H and O–H groups in total. The summed E-state index contributed by atoms with van der Waals surface area (Å²) in [6.45, 7) is 4.70. The number of ether oxygens (including phenoxy) is 1. The third-order valence-corrected chi connectivity index (χ3v) is 5.02. The highest BCUT2D eigenvalue weighted by Crippen LogP contribution is 2.40. The fraction of sp³-hybridized carbons (Fsp3) is 0.312. The molecule has 7 nitrogen and oxygen atoms in total. The maximum atomic E-state index is 12.0. The van der Waals surface area contributed by atoms with Crippen molar-refractivity contribution >= 4 is 33.3 Å². The molecule has 8 heteroatoms. The molecule has 124 valence electrons. The SMILES string of the molecule is CC1(C)Cc2c(sc3ncnc(NNC(=O)c4ccco4)c23)CO1. The Bertz CT molecular complexity index is 902. The molecule has 0 bridgehead atoms. The molecule has 0 radical (unpaired) electrons. The summed E-state index contributed by atoms with van der Waals surface area (Å²) in [6, 6.07) is 3.26. The summed E-state index contributed by atoms with van der Waals surface area (Å²) in [4.78, 5) is 22.7. The molecule has 0 saturated carbocycles. The highest BCUT2D eigenvalue weighted by molar-refractivity contribution is 7.18. The Morgan fingerprint density at radius 1 is 1.38 bits per heavy atom. The van der Waals surface area contributed by atoms with E-state index in [0.29, 0.717) is 12.4 Å². The van der Waals surface area contributed by atoms with Gasteiger partial charge in [0.1, 0.15) is 11.2 Å². The lowest BCUT2D eigenvalue weighted by Gasteiger charge is -2.30. The number of nitrogens with zero attached hydrogens (tertiary/aromatic N) is 2. The van der Waals surface area contributed by atoms with Crippen LogP contribution in [0, 0.1) is 0 Å². The molecule has 4 rings (SSSR count). The van der Waals surface area contributed by atoms with E-state index in [-0.39, 0.29) is 17.3 Å². The van der Waals surface area contributed by atoms with E-state index in [0.717, 1.165) is 21.5 Å². The minimum Gasteiger partial charge on any atom is -0.459 e. The number of hydrogen-bond donors (Lipinski definition) is 2. The largest absolute Gasteiger partial charge is 0.459 e. The summed E-state index contributed by atoms with van der Waals surface area (Å²) in [6.07, 6.45) is 3.71. The molecule has 4 heterocycles. The van der Waals surface area contributed by atoms with Crippen molar-refractivity contribution in [1.82, 2.24) is 15.4 Å². The maximum absolute atomic E-state index is 12.0. The van der Waals surface area contributed by atoms with Crippen LogP contribution in [0.3, 0.4) is 0 Å². The normalized spacial score (nSPS) is 15.9. The molecule has 0 fully saturated rings. The van der Waals surface area contributed by atoms with Crippen LogP contribution in [-0.4, -0.2) is 21.5 Å². The third-order valence-electron chi connectivity index (χ3n) is 3.91. The van der Waals surface area contributed by atoms with Crippen molar-refractivity contribution in [2.45, 2.75) is 32.5 Å². The van der Waals surface area contributed by atoms with Gasteiger partial charge in [0.15, 0.2) is 11.6 Å². The Labute approximate surface area is 142 Å². The standard InChI is InChI=1S/C16H16N4O3S/c1-16(2)6-9-11(7-23-16)24-15-12(9)13(17-8-18-15)19-20-14(21)10-4-3-5-22-10/h3-5,8H,6-7H2,1-2H3,(H,20,21)(H,17,18,19). The number of amides is 1. The van der Waals surface area contributed by atoms with E-state index < -0.39 is 0 Å². The van der Waals surface area contributed by atoms with Gasteiger partial charge < -0.3 is 9.15 Å². The van der Waals surface area contributed by atoms with Gasteiger partial charge in [-0.25, -0.2) is 9.97 Å². The molecule has 0 aliphatic carbocycles. The molecule has 3 aromatic rings. The lowest BCUT2D eigenvalue weighted by molar-refractivity contribution is -0.0379. The number of carbonyl (C=O) groups is 1. The number of hydrogen-bond acceptors (Lipinski definition) is 7. The summed E-state index contributed by atoms with van der Waals surface area (Å²) in [7, 11) is 0. The fourth-order valence-electron chi connectivity index (χ4n) is 2.76. The Hall–Kier alpha value is -2.45. The highest BCUT2D eigenvalue weighted by atomic mass is 32.1. The zero-order valence-electron chi connectivity index (χ0n) is 13.3. The van der Waals surface area contributed by atoms with E-state index in [1.54, 1.807) is 23.5 Å². The molecule has 0 atom stereocenters. The molecule has 0 spiro atoms. The zero-order valence-corrected chi connectivity index (χ0v) is 14.1. The molecule has 1 amide bonds. The zero-order chi connectivity index (χ0) is 16.7. The van der Waals surface area contributed by atoms with Crippen molar-refractivity contribution in [2.24, 2.45) is 0 Å². The van der Waals surface area contributed by atoms with Crippen LogP contribution in [0.15, 0.2) is 29.1 Å².